The number of fused-ring (bicyclic) bond motifs is 1. The fraction of sp³-hybridized carbons (Fsp3) is 0.0833. The molecule has 5 aromatic rings. The van der Waals surface area contributed by atoms with Crippen LogP contribution in [0.5, 0.6) is 0 Å². The minimum atomic E-state index is -0.935. The van der Waals surface area contributed by atoms with Crippen LogP contribution in [0.4, 0.5) is 14.5 Å². The van der Waals surface area contributed by atoms with Crippen LogP contribution < -0.4 is 5.32 Å². The Hall–Kier alpha value is -4.40. The van der Waals surface area contributed by atoms with Gasteiger partial charge in [0.2, 0.25) is 0 Å². The number of Topliss-reactive ketones (excluding diaryl/α,β-unsaturated/α-hetero) is 1. The number of halogens is 2. The van der Waals surface area contributed by atoms with Gasteiger partial charge in [0, 0.05) is 43.1 Å². The van der Waals surface area contributed by atoms with E-state index in [1.54, 1.807) is 62.0 Å². The zero-order valence-electron chi connectivity index (χ0n) is 17.5. The van der Waals surface area contributed by atoms with Crippen molar-refractivity contribution < 1.29 is 13.6 Å². The van der Waals surface area contributed by atoms with Crippen LogP contribution in [-0.4, -0.2) is 29.9 Å². The van der Waals surface area contributed by atoms with E-state index in [0.29, 0.717) is 33.8 Å². The Morgan fingerprint density at radius 2 is 1.76 bits per heavy atom. The predicted octanol–water partition coefficient (Wildman–Crippen LogP) is 4.44. The van der Waals surface area contributed by atoms with Gasteiger partial charge in [-0.15, -0.1) is 0 Å². The quantitative estimate of drug-likeness (QED) is 0.309. The maximum absolute atomic E-state index is 14.3. The summed E-state index contributed by atoms with van der Waals surface area (Å²) >= 11 is 0. The van der Waals surface area contributed by atoms with Gasteiger partial charge in [0.25, 0.3) is 0 Å². The van der Waals surface area contributed by atoms with Gasteiger partial charge in [-0.25, -0.2) is 9.37 Å². The highest BCUT2D eigenvalue weighted by atomic mass is 19.1. The Morgan fingerprint density at radius 1 is 1.00 bits per heavy atom. The highest BCUT2D eigenvalue weighted by Gasteiger charge is 2.29. The summed E-state index contributed by atoms with van der Waals surface area (Å²) in [5.74, 6) is -1.19. The molecule has 0 spiro atoms. The molecule has 0 radical (unpaired) electrons. The second-order valence-electron chi connectivity index (χ2n) is 7.49. The summed E-state index contributed by atoms with van der Waals surface area (Å²) in [6.07, 6.45) is 6.30. The minimum absolute atomic E-state index is 0.317. The SMILES string of the molecule is Cn1cc(C(=O)C(Nc2ccncc2)c2cn3c(F)cccc3n2)c(-c2ccc(F)cc2)n1. The number of aromatic nitrogens is 5. The third kappa shape index (κ3) is 3.96. The molecule has 0 aliphatic carbocycles. The van der Waals surface area contributed by atoms with Crippen LogP contribution in [-0.2, 0) is 7.05 Å². The molecule has 4 heterocycles. The summed E-state index contributed by atoms with van der Waals surface area (Å²) in [7, 11) is 1.70. The molecule has 0 saturated carbocycles. The molecule has 4 aromatic heterocycles. The van der Waals surface area contributed by atoms with Gasteiger partial charge in [0.05, 0.1) is 11.3 Å². The average molecular weight is 444 g/mol. The van der Waals surface area contributed by atoms with Gasteiger partial charge in [-0.05, 0) is 48.5 Å². The van der Waals surface area contributed by atoms with E-state index < -0.39 is 12.0 Å². The molecule has 164 valence electrons. The van der Waals surface area contributed by atoms with E-state index in [-0.39, 0.29) is 11.6 Å². The number of imidazole rings is 1. The van der Waals surface area contributed by atoms with Crippen molar-refractivity contribution in [2.24, 2.45) is 7.05 Å². The summed E-state index contributed by atoms with van der Waals surface area (Å²) in [5, 5.41) is 7.61. The van der Waals surface area contributed by atoms with Gasteiger partial charge < -0.3 is 5.32 Å². The first kappa shape index (κ1) is 20.5. The average Bonchev–Trinajstić information content (AvgIpc) is 3.43. The van der Waals surface area contributed by atoms with Gasteiger partial charge >= 0.3 is 0 Å². The van der Waals surface area contributed by atoms with Crippen LogP contribution in [0.3, 0.4) is 0 Å². The third-order valence-electron chi connectivity index (χ3n) is 5.22. The van der Waals surface area contributed by atoms with Crippen LogP contribution in [0.1, 0.15) is 22.1 Å². The van der Waals surface area contributed by atoms with E-state index in [0.717, 1.165) is 0 Å². The first-order valence-electron chi connectivity index (χ1n) is 10.1. The monoisotopic (exact) mass is 444 g/mol. The Labute approximate surface area is 187 Å². The molecule has 9 heteroatoms. The van der Waals surface area contributed by atoms with Crippen molar-refractivity contribution in [2.45, 2.75) is 6.04 Å². The number of hydrogen-bond donors (Lipinski definition) is 1. The number of ketones is 1. The van der Waals surface area contributed by atoms with Gasteiger partial charge in [-0.2, -0.15) is 9.49 Å². The number of pyridine rings is 2. The topological polar surface area (TPSA) is 77.1 Å². The lowest BCUT2D eigenvalue weighted by Crippen LogP contribution is -2.22. The lowest BCUT2D eigenvalue weighted by Gasteiger charge is -2.17. The zero-order valence-corrected chi connectivity index (χ0v) is 17.5. The van der Waals surface area contributed by atoms with Crippen LogP contribution in [0.15, 0.2) is 79.4 Å². The van der Waals surface area contributed by atoms with E-state index in [1.807, 2.05) is 0 Å². The van der Waals surface area contributed by atoms with E-state index in [2.05, 4.69) is 20.4 Å². The van der Waals surface area contributed by atoms with Crippen LogP contribution in [0, 0.1) is 11.8 Å². The molecular formula is C24H18F2N6O. The van der Waals surface area contributed by atoms with Crippen LogP contribution >= 0.6 is 0 Å². The Bertz CT molecular complexity index is 1440. The molecule has 33 heavy (non-hydrogen) atoms. The van der Waals surface area contributed by atoms with Crippen LogP contribution in [0.25, 0.3) is 16.9 Å². The Kier molecular flexibility index (Phi) is 5.14. The zero-order chi connectivity index (χ0) is 22.9. The third-order valence-corrected chi connectivity index (χ3v) is 5.22. The maximum Gasteiger partial charge on any atom is 0.199 e. The molecule has 0 bridgehead atoms. The molecule has 5 rings (SSSR count). The lowest BCUT2D eigenvalue weighted by molar-refractivity contribution is 0.0969. The van der Waals surface area contributed by atoms with Crippen molar-refractivity contribution in [3.63, 3.8) is 0 Å². The smallest absolute Gasteiger partial charge is 0.199 e. The van der Waals surface area contributed by atoms with Gasteiger partial charge in [0.1, 0.15) is 23.2 Å². The summed E-state index contributed by atoms with van der Waals surface area (Å²) in [4.78, 5) is 22.3. The fourth-order valence-electron chi connectivity index (χ4n) is 3.67. The number of nitrogens with zero attached hydrogens (tertiary/aromatic N) is 5. The number of carbonyl (C=O) groups is 1. The molecule has 1 aromatic carbocycles. The van der Waals surface area contributed by atoms with Crippen molar-refractivity contribution in [2.75, 3.05) is 5.32 Å². The van der Waals surface area contributed by atoms with Gasteiger partial charge in [0.15, 0.2) is 11.7 Å². The summed E-state index contributed by atoms with van der Waals surface area (Å²) in [6, 6.07) is 12.8. The molecule has 0 saturated heterocycles. The second kappa shape index (κ2) is 8.27. The number of nitrogens with one attached hydrogen (secondary N) is 1. The number of rotatable bonds is 6. The van der Waals surface area contributed by atoms with E-state index in [1.165, 1.54) is 33.5 Å². The molecule has 7 nitrogen and oxygen atoms in total. The molecule has 0 aliphatic rings. The highest BCUT2D eigenvalue weighted by Crippen LogP contribution is 2.29. The Morgan fingerprint density at radius 3 is 2.48 bits per heavy atom. The predicted molar refractivity (Wildman–Crippen MR) is 119 cm³/mol. The van der Waals surface area contributed by atoms with Crippen molar-refractivity contribution in [3.05, 3.63) is 102 Å². The number of anilines is 1. The van der Waals surface area contributed by atoms with E-state index in [4.69, 9.17) is 0 Å². The molecular weight excluding hydrogens is 426 g/mol. The number of benzene rings is 1. The maximum atomic E-state index is 14.3. The number of aryl methyl sites for hydroxylation is 1. The van der Waals surface area contributed by atoms with Gasteiger partial charge in [-0.1, -0.05) is 6.07 Å². The lowest BCUT2D eigenvalue weighted by atomic mass is 9.99. The van der Waals surface area contributed by atoms with E-state index >= 15 is 0 Å². The first-order chi connectivity index (χ1) is 16.0. The van der Waals surface area contributed by atoms with Crippen LogP contribution in [0.2, 0.25) is 0 Å². The second-order valence-corrected chi connectivity index (χ2v) is 7.49. The van der Waals surface area contributed by atoms with E-state index in [9.17, 15) is 13.6 Å². The van der Waals surface area contributed by atoms with Gasteiger partial charge in [-0.3, -0.25) is 18.9 Å². The molecule has 0 aliphatic heterocycles. The molecule has 0 amide bonds. The fourth-order valence-corrected chi connectivity index (χ4v) is 3.67. The summed E-state index contributed by atoms with van der Waals surface area (Å²) in [6.45, 7) is 0. The summed E-state index contributed by atoms with van der Waals surface area (Å²) < 4.78 is 30.6. The molecule has 1 atom stereocenters. The van der Waals surface area contributed by atoms with Crippen molar-refractivity contribution in [1.29, 1.82) is 0 Å². The van der Waals surface area contributed by atoms with Crippen molar-refractivity contribution in [3.8, 4) is 11.3 Å². The number of carbonyl (C=O) groups excluding carboxylic acids is 1. The number of hydrogen-bond acceptors (Lipinski definition) is 5. The minimum Gasteiger partial charge on any atom is -0.370 e. The highest BCUT2D eigenvalue weighted by molar-refractivity contribution is 6.06. The standard InChI is InChI=1S/C24H18F2N6O/c1-31-13-18(22(30-31)15-5-7-16(25)8-6-15)24(33)23(28-17-9-11-27-12-10-17)19-14-32-20(26)3-2-4-21(32)29-19/h2-14,23H,1H3,(H,27,28). The summed E-state index contributed by atoms with van der Waals surface area (Å²) in [5.41, 5.74) is 2.71. The molecule has 1 unspecified atom stereocenters. The largest absolute Gasteiger partial charge is 0.370 e. The normalized spacial score (nSPS) is 12.1. The van der Waals surface area contributed by atoms with Crippen molar-refractivity contribution >= 4 is 17.1 Å². The Balaban J connectivity index is 1.62. The first-order valence-corrected chi connectivity index (χ1v) is 10.1. The molecule has 0 fully saturated rings. The molecule has 1 N–H and O–H groups in total. The van der Waals surface area contributed by atoms with Crippen molar-refractivity contribution in [1.82, 2.24) is 24.1 Å².